The molecule has 0 aliphatic carbocycles. The van der Waals surface area contributed by atoms with E-state index in [1.165, 1.54) is 35.2 Å². The van der Waals surface area contributed by atoms with Crippen LogP contribution in [-0.4, -0.2) is 109 Å². The molecule has 2 saturated heterocycles. The monoisotopic (exact) mass is 700 g/mol. The minimum atomic E-state index is -4.23. The van der Waals surface area contributed by atoms with Gasteiger partial charge in [0.25, 0.3) is 13.6 Å². The predicted octanol–water partition coefficient (Wildman–Crippen LogP) is -0.418. The maximum absolute atomic E-state index is 15.5. The third kappa shape index (κ3) is 6.04. The van der Waals surface area contributed by atoms with E-state index in [2.05, 4.69) is 29.9 Å². The van der Waals surface area contributed by atoms with Crippen LogP contribution in [0.2, 0.25) is 0 Å². The Balaban J connectivity index is 1.23. The third-order valence-electron chi connectivity index (χ3n) is 7.32. The Morgan fingerprint density at radius 1 is 1.09 bits per heavy atom. The second-order valence-corrected chi connectivity index (χ2v) is 13.1. The summed E-state index contributed by atoms with van der Waals surface area (Å²) >= 11 is 5.30. The number of H-pyrrole nitrogens is 1. The zero-order chi connectivity index (χ0) is 32.7. The number of nitrogens with zero attached hydrogens (tertiary/aromatic N) is 7. The number of hydrogen-bond donors (Lipinski definition) is 4. The number of alkyl halides is 1. The molecule has 46 heavy (non-hydrogen) atoms. The molecule has 0 spiro atoms. The van der Waals surface area contributed by atoms with Gasteiger partial charge >= 0.3 is 15.4 Å². The number of rotatable bonds is 12. The van der Waals surface area contributed by atoms with Crippen molar-refractivity contribution in [3.05, 3.63) is 29.3 Å². The van der Waals surface area contributed by atoms with Gasteiger partial charge in [0.15, 0.2) is 41.3 Å². The zero-order valence-electron chi connectivity index (χ0n) is 23.4. The highest BCUT2D eigenvalue weighted by atomic mass is 32.5. The minimum absolute atomic E-state index is 0.0201. The van der Waals surface area contributed by atoms with Gasteiger partial charge in [-0.2, -0.15) is 4.98 Å². The number of aromatic nitrogens is 8. The van der Waals surface area contributed by atoms with Crippen molar-refractivity contribution >= 4 is 69.4 Å². The van der Waals surface area contributed by atoms with Crippen LogP contribution in [0, 0.1) is 0 Å². The molecule has 0 saturated carbocycles. The van der Waals surface area contributed by atoms with Crippen molar-refractivity contribution < 1.29 is 46.3 Å². The molecule has 2 aliphatic rings. The zero-order valence-corrected chi connectivity index (χ0v) is 26.0. The molecule has 0 aromatic carbocycles. The molecule has 0 amide bonds. The van der Waals surface area contributed by atoms with Gasteiger partial charge in [-0.15, -0.1) is 0 Å². The summed E-state index contributed by atoms with van der Waals surface area (Å²) < 4.78 is 68.0. The summed E-state index contributed by atoms with van der Waals surface area (Å²) in [6.07, 6.45) is -6.36. The molecule has 244 valence electrons. The molecule has 9 unspecified atom stereocenters. The number of ether oxygens (including phenoxy) is 3. The molecule has 6 rings (SSSR count). The lowest BCUT2D eigenvalue weighted by Crippen LogP contribution is -2.37. The molecular formula is C21H24BFN10O10P2S. The summed E-state index contributed by atoms with van der Waals surface area (Å²) in [4.78, 5) is 46.2. The van der Waals surface area contributed by atoms with Crippen LogP contribution < -0.4 is 17.0 Å². The van der Waals surface area contributed by atoms with Crippen LogP contribution in [0.4, 0.5) is 16.2 Å². The first-order valence-corrected chi connectivity index (χ1v) is 16.5. The lowest BCUT2D eigenvalue weighted by atomic mass is 10.1. The SMILES string of the molecule is [B]OC1C(COP(O)(=S)OC2C(OC)C(COP=O)OC2n2cnc3c(=O)[nH]c(N)nc32)OC(n2cnc3c(N)ncnc32)C1F. The largest absolute Gasteiger partial charge is 0.440 e. The topological polar surface area (TPSA) is 261 Å². The van der Waals surface area contributed by atoms with E-state index >= 15 is 4.39 Å². The van der Waals surface area contributed by atoms with Gasteiger partial charge in [-0.1, -0.05) is 0 Å². The summed E-state index contributed by atoms with van der Waals surface area (Å²) in [7, 11) is 6.10. The van der Waals surface area contributed by atoms with Gasteiger partial charge in [0.2, 0.25) is 5.95 Å². The number of nitrogen functional groups attached to an aromatic ring is 2. The fourth-order valence-electron chi connectivity index (χ4n) is 5.32. The van der Waals surface area contributed by atoms with Gasteiger partial charge in [0.1, 0.15) is 42.4 Å². The number of anilines is 2. The molecule has 0 bridgehead atoms. The van der Waals surface area contributed by atoms with Gasteiger partial charge in [-0.05, 0) is 11.8 Å². The first kappa shape index (κ1) is 32.8. The van der Waals surface area contributed by atoms with E-state index in [0.717, 1.165) is 0 Å². The van der Waals surface area contributed by atoms with Gasteiger partial charge < -0.3 is 39.7 Å². The Morgan fingerprint density at radius 2 is 1.78 bits per heavy atom. The van der Waals surface area contributed by atoms with Crippen molar-refractivity contribution in [3.63, 3.8) is 0 Å². The maximum atomic E-state index is 15.5. The number of aromatic amines is 1. The highest BCUT2D eigenvalue weighted by molar-refractivity contribution is 8.07. The Bertz CT molecular complexity index is 1850. The van der Waals surface area contributed by atoms with Crippen LogP contribution in [0.25, 0.3) is 22.3 Å². The fraction of sp³-hybridized carbons (Fsp3) is 0.524. The van der Waals surface area contributed by atoms with Crippen molar-refractivity contribution in [1.82, 2.24) is 39.0 Å². The van der Waals surface area contributed by atoms with Crippen LogP contribution >= 0.6 is 15.4 Å². The molecule has 20 nitrogen and oxygen atoms in total. The maximum Gasteiger partial charge on any atom is 0.327 e. The molecule has 4 aromatic heterocycles. The highest BCUT2D eigenvalue weighted by Crippen LogP contribution is 2.51. The van der Waals surface area contributed by atoms with Gasteiger partial charge in [-0.25, -0.2) is 28.9 Å². The predicted molar refractivity (Wildman–Crippen MR) is 157 cm³/mol. The summed E-state index contributed by atoms with van der Waals surface area (Å²) in [6.45, 7) is -5.00. The van der Waals surface area contributed by atoms with E-state index in [1.807, 2.05) is 0 Å². The first-order chi connectivity index (χ1) is 22.1. The second kappa shape index (κ2) is 13.2. The van der Waals surface area contributed by atoms with Gasteiger partial charge in [0.05, 0.1) is 25.9 Å². The average Bonchev–Trinajstić information content (AvgIpc) is 3.78. The number of fused-ring (bicyclic) bond motifs is 2. The van der Waals surface area contributed by atoms with Crippen LogP contribution in [0.15, 0.2) is 23.8 Å². The number of nitrogens with two attached hydrogens (primary N) is 2. The summed E-state index contributed by atoms with van der Waals surface area (Å²) in [5, 5.41) is 0. The van der Waals surface area contributed by atoms with Gasteiger partial charge in [-0.3, -0.25) is 28.0 Å². The van der Waals surface area contributed by atoms with Gasteiger partial charge in [0, 0.05) is 7.11 Å². The molecule has 9 atom stereocenters. The highest BCUT2D eigenvalue weighted by Gasteiger charge is 2.51. The van der Waals surface area contributed by atoms with E-state index in [1.54, 1.807) is 0 Å². The average molecular weight is 700 g/mol. The van der Waals surface area contributed by atoms with E-state index in [4.69, 9.17) is 63.8 Å². The lowest BCUT2D eigenvalue weighted by Gasteiger charge is -2.28. The van der Waals surface area contributed by atoms with E-state index in [9.17, 15) is 14.3 Å². The Hall–Kier alpha value is -3.08. The molecule has 6 heterocycles. The summed E-state index contributed by atoms with van der Waals surface area (Å²) in [5.41, 5.74) is 11.3. The van der Waals surface area contributed by atoms with E-state index in [-0.39, 0.29) is 40.7 Å². The Kier molecular flexibility index (Phi) is 9.43. The number of hydrogen-bond acceptors (Lipinski definition) is 17. The molecule has 6 N–H and O–H groups in total. The smallest absolute Gasteiger partial charge is 0.327 e. The number of methoxy groups -OCH3 is 1. The van der Waals surface area contributed by atoms with Crippen molar-refractivity contribution in [1.29, 1.82) is 0 Å². The molecule has 25 heteroatoms. The van der Waals surface area contributed by atoms with Crippen molar-refractivity contribution in [2.45, 2.75) is 49.1 Å². The lowest BCUT2D eigenvalue weighted by molar-refractivity contribution is -0.0520. The summed E-state index contributed by atoms with van der Waals surface area (Å²) in [5.74, 6) is -0.113. The van der Waals surface area contributed by atoms with Crippen LogP contribution in [-0.2, 0) is 48.8 Å². The third-order valence-corrected chi connectivity index (χ3v) is 9.13. The molecular weight excluding hydrogens is 676 g/mol. The van der Waals surface area contributed by atoms with Crippen LogP contribution in [0.1, 0.15) is 12.5 Å². The Morgan fingerprint density at radius 3 is 2.50 bits per heavy atom. The molecule has 2 fully saturated rings. The molecule has 2 aliphatic heterocycles. The van der Waals surface area contributed by atoms with Crippen LogP contribution in [0.3, 0.4) is 0 Å². The standard InChI is InChI=1S/C21H24BFN10O10P2S/c1-37-13-7(2-38-44-35)41-20(33-6-29-11-17(33)30-21(25)31-18(11)34)14(13)43-45(36,46)39-3-8-12(42-22)9(23)19(40-8)32-5-28-10-15(24)26-4-27-16(10)32/h4-9,12-14,19-20H,2-3H2,1H3,(H,36,46)(H2,24,26,27)(H3,25,30,31,34). The Labute approximate surface area is 264 Å². The number of nitrogens with one attached hydrogen (secondary N) is 1. The quantitative estimate of drug-likeness (QED) is 0.108. The first-order valence-electron chi connectivity index (χ1n) is 13.2. The van der Waals surface area contributed by atoms with Crippen LogP contribution in [0.5, 0.6) is 0 Å². The van der Waals surface area contributed by atoms with Crippen molar-refractivity contribution in [3.8, 4) is 0 Å². The number of imidazole rings is 2. The van der Waals surface area contributed by atoms with Crippen molar-refractivity contribution in [2.24, 2.45) is 0 Å². The van der Waals surface area contributed by atoms with E-state index < -0.39 is 76.7 Å². The number of halogens is 1. The molecule has 4 aromatic rings. The minimum Gasteiger partial charge on any atom is -0.440 e. The second-order valence-electron chi connectivity index (χ2n) is 9.94. The normalized spacial score (nSPS) is 29.6. The molecule has 2 radical (unpaired) electrons. The fourth-order valence-corrected chi connectivity index (χ4v) is 6.94. The van der Waals surface area contributed by atoms with Crippen molar-refractivity contribution in [2.75, 3.05) is 31.8 Å². The van der Waals surface area contributed by atoms with E-state index in [0.29, 0.717) is 0 Å². The summed E-state index contributed by atoms with van der Waals surface area (Å²) in [6, 6.07) is 0.